The Morgan fingerprint density at radius 3 is 2.35 bits per heavy atom. The molecule has 5 unspecified atom stereocenters. The van der Waals surface area contributed by atoms with Crippen LogP contribution in [0.25, 0.3) is 0 Å². The zero-order valence-electron chi connectivity index (χ0n) is 25.5. The average molecular weight is 592 g/mol. The fourth-order valence-electron chi connectivity index (χ4n) is 7.13. The summed E-state index contributed by atoms with van der Waals surface area (Å²) in [6.07, 6.45) is 8.44. The average Bonchev–Trinajstić information content (AvgIpc) is 3.66. The van der Waals surface area contributed by atoms with Crippen LogP contribution in [0.15, 0.2) is 40.3 Å². The lowest BCUT2D eigenvalue weighted by molar-refractivity contribution is -0.134. The molecule has 2 heterocycles. The molecule has 1 aliphatic carbocycles. The van der Waals surface area contributed by atoms with Gasteiger partial charge in [-0.25, -0.2) is 0 Å². The lowest BCUT2D eigenvalue weighted by Crippen LogP contribution is -2.52. The Kier molecular flexibility index (Phi) is 10.3. The molecular weight excluding hydrogens is 546 g/mol. The monoisotopic (exact) mass is 591 g/mol. The largest absolute Gasteiger partial charge is 0.370 e. The maximum atomic E-state index is 14.4. The van der Waals surface area contributed by atoms with Crippen molar-refractivity contribution in [3.05, 3.63) is 35.9 Å². The van der Waals surface area contributed by atoms with E-state index in [1.165, 1.54) is 13.1 Å². The fourth-order valence-corrected chi connectivity index (χ4v) is 7.13. The maximum Gasteiger partial charge on any atom is 0.242 e. The molecule has 1 fully saturated rings. The predicted octanol–water partition coefficient (Wildman–Crippen LogP) is 2.76. The zero-order chi connectivity index (χ0) is 31.2. The molecule has 10 nitrogen and oxygen atoms in total. The zero-order valence-corrected chi connectivity index (χ0v) is 25.5. The van der Waals surface area contributed by atoms with E-state index in [2.05, 4.69) is 15.6 Å². The standard InChI is InChI=1S/C33H45N5O5/c1-21(2)17-32(14-9-15-35-31(43)28(38-22(3)39)24-12-7-8-13-24)30(42)26(20-36-32)33(18-23-10-5-4-6-11-23)29(41)25(19-37-33)16-27(34)40/h4-6,10-11,19-21,24-26,28H,7-9,12-18H2,1-3H3,(H2,34,40)(H,35,43)(H,38,39). The summed E-state index contributed by atoms with van der Waals surface area (Å²) in [5.41, 5.74) is 3.83. The van der Waals surface area contributed by atoms with Gasteiger partial charge >= 0.3 is 0 Å². The number of ketones is 2. The molecule has 0 radical (unpaired) electrons. The van der Waals surface area contributed by atoms with Crippen LogP contribution >= 0.6 is 0 Å². The fraction of sp³-hybridized carbons (Fsp3) is 0.606. The van der Waals surface area contributed by atoms with Gasteiger partial charge in [-0.2, -0.15) is 0 Å². The number of hydrogen-bond donors (Lipinski definition) is 3. The quantitative estimate of drug-likeness (QED) is 0.283. The highest BCUT2D eigenvalue weighted by molar-refractivity contribution is 6.17. The normalized spacial score (nSPS) is 27.6. The third-order valence-corrected chi connectivity index (χ3v) is 9.04. The number of nitrogens with two attached hydrogens (primary N) is 1. The predicted molar refractivity (Wildman–Crippen MR) is 165 cm³/mol. The molecule has 43 heavy (non-hydrogen) atoms. The van der Waals surface area contributed by atoms with E-state index in [0.29, 0.717) is 25.8 Å². The highest BCUT2D eigenvalue weighted by atomic mass is 16.2. The van der Waals surface area contributed by atoms with Gasteiger partial charge in [0.15, 0.2) is 11.6 Å². The van der Waals surface area contributed by atoms with E-state index >= 15 is 0 Å². The summed E-state index contributed by atoms with van der Waals surface area (Å²) in [5.74, 6) is -2.86. The van der Waals surface area contributed by atoms with Crippen LogP contribution in [0.4, 0.5) is 0 Å². The number of rotatable bonds is 14. The number of carbonyl (C=O) groups is 5. The molecule has 0 aromatic heterocycles. The number of primary amides is 1. The second-order valence-electron chi connectivity index (χ2n) is 12.9. The van der Waals surface area contributed by atoms with Gasteiger partial charge in [0, 0.05) is 38.7 Å². The minimum absolute atomic E-state index is 0.127. The molecule has 10 heteroatoms. The minimum atomic E-state index is -1.40. The smallest absolute Gasteiger partial charge is 0.242 e. The molecule has 5 atom stereocenters. The van der Waals surface area contributed by atoms with Crippen molar-refractivity contribution in [1.29, 1.82) is 0 Å². The number of benzene rings is 1. The van der Waals surface area contributed by atoms with Crippen LogP contribution < -0.4 is 16.4 Å². The third-order valence-electron chi connectivity index (χ3n) is 9.04. The number of Topliss-reactive ketones (excluding diaryl/α,β-unsaturated/α-hetero) is 2. The lowest BCUT2D eigenvalue weighted by atomic mass is 9.69. The van der Waals surface area contributed by atoms with Crippen LogP contribution in [-0.2, 0) is 30.4 Å². The summed E-state index contributed by atoms with van der Waals surface area (Å²) in [6.45, 7) is 5.81. The van der Waals surface area contributed by atoms with Gasteiger partial charge in [0.1, 0.15) is 17.1 Å². The number of nitrogens with zero attached hydrogens (tertiary/aromatic N) is 2. The van der Waals surface area contributed by atoms with Crippen molar-refractivity contribution in [2.45, 2.75) is 95.7 Å². The number of hydrogen-bond acceptors (Lipinski definition) is 7. The van der Waals surface area contributed by atoms with Crippen LogP contribution in [0.5, 0.6) is 0 Å². The highest BCUT2D eigenvalue weighted by Gasteiger charge is 2.59. The number of nitrogens with one attached hydrogen (secondary N) is 2. The van der Waals surface area contributed by atoms with Crippen molar-refractivity contribution in [1.82, 2.24) is 10.6 Å². The second-order valence-corrected chi connectivity index (χ2v) is 12.9. The first kappa shape index (κ1) is 32.2. The first-order valence-electron chi connectivity index (χ1n) is 15.5. The Labute approximate surface area is 253 Å². The van der Waals surface area contributed by atoms with Gasteiger partial charge in [0.05, 0.1) is 11.8 Å². The van der Waals surface area contributed by atoms with Crippen LogP contribution in [0, 0.1) is 23.7 Å². The van der Waals surface area contributed by atoms with Gasteiger partial charge in [-0.1, -0.05) is 57.0 Å². The van der Waals surface area contributed by atoms with Crippen molar-refractivity contribution < 1.29 is 24.0 Å². The minimum Gasteiger partial charge on any atom is -0.370 e. The van der Waals surface area contributed by atoms with Crippen molar-refractivity contribution in [2.24, 2.45) is 39.4 Å². The summed E-state index contributed by atoms with van der Waals surface area (Å²) < 4.78 is 0. The first-order chi connectivity index (χ1) is 20.5. The van der Waals surface area contributed by atoms with Gasteiger partial charge in [-0.15, -0.1) is 0 Å². The number of aliphatic imine (C=N–C) groups is 2. The second kappa shape index (κ2) is 13.7. The Morgan fingerprint density at radius 1 is 1.02 bits per heavy atom. The summed E-state index contributed by atoms with van der Waals surface area (Å²) in [4.78, 5) is 74.3. The van der Waals surface area contributed by atoms with Gasteiger partial charge in [-0.05, 0) is 49.5 Å². The Bertz CT molecular complexity index is 1270. The SMILES string of the molecule is CC(=O)NC(C(=O)NCCCC1(CC(C)C)N=CC(C2(Cc3ccccc3)N=CC(CC(N)=O)C2=O)C1=O)C1CCCC1. The molecule has 0 saturated heterocycles. The first-order valence-corrected chi connectivity index (χ1v) is 15.5. The van der Waals surface area contributed by atoms with E-state index in [0.717, 1.165) is 31.2 Å². The van der Waals surface area contributed by atoms with Crippen LogP contribution in [0.3, 0.4) is 0 Å². The summed E-state index contributed by atoms with van der Waals surface area (Å²) in [5, 5.41) is 5.80. The Hall–Kier alpha value is -3.69. The maximum absolute atomic E-state index is 14.4. The molecule has 1 saturated carbocycles. The highest BCUT2D eigenvalue weighted by Crippen LogP contribution is 2.43. The van der Waals surface area contributed by atoms with Gasteiger partial charge in [0.25, 0.3) is 0 Å². The van der Waals surface area contributed by atoms with Crippen LogP contribution in [-0.4, -0.2) is 65.4 Å². The lowest BCUT2D eigenvalue weighted by Gasteiger charge is -2.34. The Balaban J connectivity index is 1.50. The Morgan fingerprint density at radius 2 is 1.72 bits per heavy atom. The van der Waals surface area contributed by atoms with Crippen LogP contribution in [0.1, 0.15) is 77.7 Å². The molecule has 1 aromatic carbocycles. The van der Waals surface area contributed by atoms with E-state index < -0.39 is 34.9 Å². The molecule has 0 bridgehead atoms. The molecular formula is C33H45N5O5. The molecule has 4 rings (SSSR count). The summed E-state index contributed by atoms with van der Waals surface area (Å²) >= 11 is 0. The summed E-state index contributed by atoms with van der Waals surface area (Å²) in [7, 11) is 0. The molecule has 1 aromatic rings. The third kappa shape index (κ3) is 7.28. The molecule has 3 aliphatic rings. The topological polar surface area (TPSA) is 160 Å². The molecule has 232 valence electrons. The van der Waals surface area contributed by atoms with Crippen LogP contribution in [0.2, 0.25) is 0 Å². The van der Waals surface area contributed by atoms with E-state index in [1.807, 2.05) is 44.2 Å². The summed E-state index contributed by atoms with van der Waals surface area (Å²) in [6, 6.07) is 8.86. The molecule has 2 aliphatic heterocycles. The van der Waals surface area contributed by atoms with E-state index in [9.17, 15) is 24.0 Å². The van der Waals surface area contributed by atoms with Crippen molar-refractivity contribution in [3.63, 3.8) is 0 Å². The number of carbonyl (C=O) groups excluding carboxylic acids is 5. The number of amides is 3. The van der Waals surface area contributed by atoms with E-state index in [1.54, 1.807) is 6.21 Å². The van der Waals surface area contributed by atoms with Gasteiger partial charge < -0.3 is 16.4 Å². The molecule has 3 amide bonds. The van der Waals surface area contributed by atoms with Crippen molar-refractivity contribution in [2.75, 3.05) is 6.54 Å². The van der Waals surface area contributed by atoms with E-state index in [-0.39, 0.29) is 48.1 Å². The molecule has 0 spiro atoms. The van der Waals surface area contributed by atoms with Gasteiger partial charge in [0.2, 0.25) is 17.7 Å². The van der Waals surface area contributed by atoms with Crippen molar-refractivity contribution in [3.8, 4) is 0 Å². The van der Waals surface area contributed by atoms with E-state index in [4.69, 9.17) is 10.7 Å². The van der Waals surface area contributed by atoms with Crippen molar-refractivity contribution >= 4 is 41.7 Å². The molecule has 4 N–H and O–H groups in total. The van der Waals surface area contributed by atoms with Gasteiger partial charge in [-0.3, -0.25) is 34.0 Å².